The zero-order valence-corrected chi connectivity index (χ0v) is 11.4. The molecule has 0 radical (unpaired) electrons. The van der Waals surface area contributed by atoms with E-state index < -0.39 is 0 Å². The van der Waals surface area contributed by atoms with Crippen LogP contribution >= 0.6 is 0 Å². The maximum Gasteiger partial charge on any atom is 0.0518 e. The quantitative estimate of drug-likeness (QED) is 0.658. The molecule has 0 aromatic heterocycles. The molecular formula is C13H29NO. The summed E-state index contributed by atoms with van der Waals surface area (Å²) in [5.74, 6) is 0. The summed E-state index contributed by atoms with van der Waals surface area (Å²) in [5, 5.41) is 3.56. The van der Waals surface area contributed by atoms with E-state index in [-0.39, 0.29) is 0 Å². The van der Waals surface area contributed by atoms with E-state index in [1.54, 1.807) is 0 Å². The van der Waals surface area contributed by atoms with Crippen molar-refractivity contribution in [3.63, 3.8) is 0 Å². The lowest BCUT2D eigenvalue weighted by atomic mass is 9.84. The minimum atomic E-state index is 0.341. The molecule has 0 rings (SSSR count). The van der Waals surface area contributed by atoms with Gasteiger partial charge in [-0.15, -0.1) is 0 Å². The van der Waals surface area contributed by atoms with Gasteiger partial charge in [-0.2, -0.15) is 0 Å². The first kappa shape index (κ1) is 14.9. The van der Waals surface area contributed by atoms with Gasteiger partial charge in [0, 0.05) is 12.6 Å². The molecule has 0 amide bonds. The third-order valence-electron chi connectivity index (χ3n) is 2.58. The summed E-state index contributed by atoms with van der Waals surface area (Å²) in [5.41, 5.74) is 0.341. The molecule has 15 heavy (non-hydrogen) atoms. The Kier molecular flexibility index (Phi) is 7.20. The highest BCUT2D eigenvalue weighted by Crippen LogP contribution is 2.22. The van der Waals surface area contributed by atoms with Crippen molar-refractivity contribution in [1.29, 1.82) is 0 Å². The van der Waals surface area contributed by atoms with Crippen LogP contribution in [0.3, 0.4) is 0 Å². The Morgan fingerprint density at radius 1 is 1.20 bits per heavy atom. The molecular weight excluding hydrogens is 186 g/mol. The predicted octanol–water partition coefficient (Wildman–Crippen LogP) is 3.22. The van der Waals surface area contributed by atoms with Crippen molar-refractivity contribution in [3.8, 4) is 0 Å². The van der Waals surface area contributed by atoms with Gasteiger partial charge in [0.2, 0.25) is 0 Å². The second kappa shape index (κ2) is 7.24. The Hall–Kier alpha value is -0.0800. The van der Waals surface area contributed by atoms with Crippen molar-refractivity contribution in [2.75, 3.05) is 13.2 Å². The van der Waals surface area contributed by atoms with E-state index >= 15 is 0 Å². The van der Waals surface area contributed by atoms with Crippen LogP contribution in [-0.4, -0.2) is 25.3 Å². The van der Waals surface area contributed by atoms with Crippen LogP contribution in [0.15, 0.2) is 0 Å². The van der Waals surface area contributed by atoms with Gasteiger partial charge < -0.3 is 10.1 Å². The summed E-state index contributed by atoms with van der Waals surface area (Å²) in [6, 6.07) is 0.596. The average molecular weight is 215 g/mol. The maximum atomic E-state index is 5.56. The first-order chi connectivity index (χ1) is 6.88. The minimum absolute atomic E-state index is 0.341. The topological polar surface area (TPSA) is 21.3 Å². The van der Waals surface area contributed by atoms with Gasteiger partial charge in [0.15, 0.2) is 0 Å². The van der Waals surface area contributed by atoms with E-state index in [2.05, 4.69) is 46.9 Å². The molecule has 1 unspecified atom stereocenters. The summed E-state index contributed by atoms with van der Waals surface area (Å²) >= 11 is 0. The molecule has 0 aliphatic heterocycles. The van der Waals surface area contributed by atoms with E-state index in [0.29, 0.717) is 17.6 Å². The van der Waals surface area contributed by atoms with E-state index in [1.165, 1.54) is 6.42 Å². The van der Waals surface area contributed by atoms with Crippen LogP contribution in [0.1, 0.15) is 54.4 Å². The highest BCUT2D eigenvalue weighted by molar-refractivity contribution is 4.79. The average Bonchev–Trinajstić information content (AvgIpc) is 2.08. The van der Waals surface area contributed by atoms with Gasteiger partial charge in [-0.1, -0.05) is 27.7 Å². The molecule has 1 N–H and O–H groups in total. The molecule has 0 saturated carbocycles. The fourth-order valence-electron chi connectivity index (χ4n) is 1.69. The van der Waals surface area contributed by atoms with Crippen molar-refractivity contribution in [2.45, 2.75) is 66.5 Å². The zero-order valence-electron chi connectivity index (χ0n) is 11.4. The molecule has 0 aliphatic carbocycles. The second-order valence-electron chi connectivity index (χ2n) is 5.54. The molecule has 2 nitrogen and oxygen atoms in total. The second-order valence-corrected chi connectivity index (χ2v) is 5.54. The Balaban J connectivity index is 3.77. The molecule has 0 aliphatic rings. The lowest BCUT2D eigenvalue weighted by Gasteiger charge is -2.31. The predicted molar refractivity (Wildman–Crippen MR) is 67.2 cm³/mol. The Bertz CT molecular complexity index is 149. The fourth-order valence-corrected chi connectivity index (χ4v) is 1.69. The summed E-state index contributed by atoms with van der Waals surface area (Å²) in [4.78, 5) is 0. The van der Waals surface area contributed by atoms with Gasteiger partial charge in [0.1, 0.15) is 0 Å². The van der Waals surface area contributed by atoms with E-state index in [4.69, 9.17) is 4.74 Å². The third-order valence-corrected chi connectivity index (χ3v) is 2.58. The smallest absolute Gasteiger partial charge is 0.0518 e. The first-order valence-electron chi connectivity index (χ1n) is 6.23. The molecule has 0 bridgehead atoms. The van der Waals surface area contributed by atoms with Crippen LogP contribution < -0.4 is 5.32 Å². The van der Waals surface area contributed by atoms with Crippen LogP contribution in [-0.2, 0) is 4.74 Å². The molecule has 0 saturated heterocycles. The molecule has 0 heterocycles. The Morgan fingerprint density at radius 2 is 1.80 bits per heavy atom. The van der Waals surface area contributed by atoms with Crippen molar-refractivity contribution in [1.82, 2.24) is 5.32 Å². The number of hydrogen-bond donors (Lipinski definition) is 1. The molecule has 0 aromatic carbocycles. The van der Waals surface area contributed by atoms with Crippen molar-refractivity contribution < 1.29 is 4.74 Å². The highest BCUT2D eigenvalue weighted by atomic mass is 16.5. The SMILES string of the molecule is CCNC(CCCOC(C)C)C(C)(C)C. The number of rotatable bonds is 7. The van der Waals surface area contributed by atoms with Crippen LogP contribution in [0, 0.1) is 5.41 Å². The van der Waals surface area contributed by atoms with E-state index in [1.807, 2.05) is 0 Å². The number of hydrogen-bond acceptors (Lipinski definition) is 2. The summed E-state index contributed by atoms with van der Waals surface area (Å²) < 4.78 is 5.56. The van der Waals surface area contributed by atoms with Gasteiger partial charge in [-0.25, -0.2) is 0 Å². The summed E-state index contributed by atoms with van der Waals surface area (Å²) in [6.45, 7) is 15.2. The molecule has 0 fully saturated rings. The van der Waals surface area contributed by atoms with Gasteiger partial charge in [-0.3, -0.25) is 0 Å². The highest BCUT2D eigenvalue weighted by Gasteiger charge is 2.22. The Morgan fingerprint density at radius 3 is 2.20 bits per heavy atom. The molecule has 0 aromatic rings. The van der Waals surface area contributed by atoms with E-state index in [0.717, 1.165) is 19.6 Å². The zero-order chi connectivity index (χ0) is 11.9. The summed E-state index contributed by atoms with van der Waals surface area (Å²) in [7, 11) is 0. The lowest BCUT2D eigenvalue weighted by Crippen LogP contribution is -2.40. The van der Waals surface area contributed by atoms with Crippen LogP contribution in [0.2, 0.25) is 0 Å². The van der Waals surface area contributed by atoms with Crippen molar-refractivity contribution in [3.05, 3.63) is 0 Å². The van der Waals surface area contributed by atoms with Gasteiger partial charge in [0.25, 0.3) is 0 Å². The molecule has 0 spiro atoms. The van der Waals surface area contributed by atoms with Gasteiger partial charge in [0.05, 0.1) is 6.10 Å². The monoisotopic (exact) mass is 215 g/mol. The summed E-state index contributed by atoms with van der Waals surface area (Å²) in [6.07, 6.45) is 2.70. The fraction of sp³-hybridized carbons (Fsp3) is 1.00. The number of nitrogens with one attached hydrogen (secondary N) is 1. The third kappa shape index (κ3) is 7.80. The Labute approximate surface area is 95.8 Å². The standard InChI is InChI=1S/C13H29NO/c1-7-14-12(13(4,5)6)9-8-10-15-11(2)3/h11-12,14H,7-10H2,1-6H3. The van der Waals surface area contributed by atoms with E-state index in [9.17, 15) is 0 Å². The minimum Gasteiger partial charge on any atom is -0.379 e. The first-order valence-corrected chi connectivity index (χ1v) is 6.23. The van der Waals surface area contributed by atoms with Crippen molar-refractivity contribution in [2.24, 2.45) is 5.41 Å². The van der Waals surface area contributed by atoms with Crippen LogP contribution in [0.5, 0.6) is 0 Å². The lowest BCUT2D eigenvalue weighted by molar-refractivity contribution is 0.0716. The largest absolute Gasteiger partial charge is 0.379 e. The van der Waals surface area contributed by atoms with Crippen LogP contribution in [0.25, 0.3) is 0 Å². The number of ether oxygens (including phenoxy) is 1. The van der Waals surface area contributed by atoms with Crippen LogP contribution in [0.4, 0.5) is 0 Å². The van der Waals surface area contributed by atoms with Gasteiger partial charge >= 0.3 is 0 Å². The molecule has 2 heteroatoms. The van der Waals surface area contributed by atoms with Gasteiger partial charge in [-0.05, 0) is 38.6 Å². The normalized spacial score (nSPS) is 14.6. The maximum absolute atomic E-state index is 5.56. The molecule has 1 atom stereocenters. The van der Waals surface area contributed by atoms with Crippen molar-refractivity contribution >= 4 is 0 Å². The molecule has 92 valence electrons.